The van der Waals surface area contributed by atoms with Gasteiger partial charge in [-0.15, -0.1) is 0 Å². The maximum atomic E-state index is 14.8. The second-order valence-corrected chi connectivity index (χ2v) is 36.7. The van der Waals surface area contributed by atoms with Crippen LogP contribution in [0.2, 0.25) is 0 Å². The molecule has 592 valence electrons. The van der Waals surface area contributed by atoms with Gasteiger partial charge >= 0.3 is 16.9 Å². The molecule has 0 bridgehead atoms. The monoisotopic (exact) mass is 2120 g/mol. The molecule has 0 spiro atoms. The summed E-state index contributed by atoms with van der Waals surface area (Å²) in [6.45, 7) is 10.5. The average molecular weight is 2120 g/mol. The van der Waals surface area contributed by atoms with Crippen LogP contribution in [-0.4, -0.2) is 51.4 Å². The fourth-order valence-corrected chi connectivity index (χ4v) is 17.9. The largest absolute Gasteiger partial charge is 0.422 e. The van der Waals surface area contributed by atoms with Crippen molar-refractivity contribution in [2.24, 2.45) is 0 Å². The van der Waals surface area contributed by atoms with Crippen LogP contribution in [-0.2, 0) is 90.0 Å². The van der Waals surface area contributed by atoms with E-state index in [1.807, 2.05) is 180 Å². The molecule has 0 saturated heterocycles. The van der Waals surface area contributed by atoms with Crippen LogP contribution in [0, 0.1) is 77.1 Å². The number of nitrogens with zero attached hydrogens (tertiary/aromatic N) is 3. The minimum Gasteiger partial charge on any atom is -0.422 e. The Labute approximate surface area is 717 Å². The molecule has 3 saturated carbocycles. The van der Waals surface area contributed by atoms with Crippen LogP contribution >= 0.6 is 79.9 Å². The van der Waals surface area contributed by atoms with Crippen molar-refractivity contribution in [1.29, 1.82) is 0 Å². The maximum Gasteiger partial charge on any atom is 0.339 e. The second kappa shape index (κ2) is 37.6. The van der Waals surface area contributed by atoms with Crippen LogP contribution in [0.5, 0.6) is 0 Å². The molecule has 1 unspecified atom stereocenters. The number of hydrogen-bond acceptors (Lipinski definition) is 13. The van der Waals surface area contributed by atoms with Crippen LogP contribution in [0.25, 0.3) is 66.3 Å². The molecule has 12 aromatic rings. The summed E-state index contributed by atoms with van der Waals surface area (Å²) >= 11 is 6.40. The number of fused-ring (bicyclic) bond motifs is 3. The molecule has 113 heavy (non-hydrogen) atoms. The summed E-state index contributed by atoms with van der Waals surface area (Å²) in [5, 5.41) is 0.964. The topological polar surface area (TPSA) is 208 Å². The van der Waals surface area contributed by atoms with Crippen molar-refractivity contribution < 1.29 is 64.0 Å². The zero-order valence-electron chi connectivity index (χ0n) is 63.8. The molecule has 3 aliphatic carbocycles. The van der Waals surface area contributed by atoms with E-state index in [-0.39, 0.29) is 129 Å². The number of halogens is 7. The summed E-state index contributed by atoms with van der Waals surface area (Å²) in [6.07, 6.45) is 12.0. The van der Waals surface area contributed by atoms with Crippen LogP contribution in [0.15, 0.2) is 169 Å². The van der Waals surface area contributed by atoms with E-state index in [2.05, 4.69) is 0 Å². The SMILES string of the molecule is CSF.Cc1c(Cc2ccc(I)cc2F)c2c(=O)n(C3CC3)c(C)c(-c3cccc(CS(C)=O)c3)c2oc1=O.Cc1c(Cc2ccc(I)cc2F)c2c(=O)n(C3CC3)c(C)c(-c3cccc(C[S@@](C)=O)c3)c2oc1=O.Cc1c(Cc2ccc(I)cc2F)c2c(=O)n(C3CC3)c(C)c(-c3cccc(C[S@](C)=O)c3)c2oc1=O.[CH3-].[W]. The Morgan fingerprint density at radius 2 is 0.655 bits per heavy atom. The zero-order chi connectivity index (χ0) is 79.9. The van der Waals surface area contributed by atoms with Gasteiger partial charge in [-0.1, -0.05) is 91.0 Å². The summed E-state index contributed by atoms with van der Waals surface area (Å²) in [6, 6.07) is 38.0. The van der Waals surface area contributed by atoms with Crippen molar-refractivity contribution >= 4 is 145 Å². The number of aromatic nitrogens is 3. The summed E-state index contributed by atoms with van der Waals surface area (Å²) in [4.78, 5) is 80.8. The minimum absolute atomic E-state index is 0. The van der Waals surface area contributed by atoms with E-state index >= 15 is 0 Å². The van der Waals surface area contributed by atoms with E-state index in [1.165, 1.54) is 24.5 Å². The van der Waals surface area contributed by atoms with Crippen molar-refractivity contribution in [1.82, 2.24) is 13.7 Å². The van der Waals surface area contributed by atoms with Gasteiger partial charge in [0.15, 0.2) is 16.7 Å². The Bertz CT molecular complexity index is 5640. The van der Waals surface area contributed by atoms with Gasteiger partial charge in [0.1, 0.15) is 17.5 Å². The number of benzene rings is 6. The molecule has 6 aromatic carbocycles. The first kappa shape index (κ1) is 88.6. The van der Waals surface area contributed by atoms with Gasteiger partial charge in [-0.05, 0) is 251 Å². The molecule has 0 aliphatic heterocycles. The molecule has 0 N–H and O–H groups in total. The molecule has 3 atom stereocenters. The Balaban J connectivity index is 0.000000175. The predicted octanol–water partition coefficient (Wildman–Crippen LogP) is 19.0. The normalized spacial score (nSPS) is 13.9. The summed E-state index contributed by atoms with van der Waals surface area (Å²) in [5.74, 6) is 0.0578. The molecule has 3 fully saturated rings. The van der Waals surface area contributed by atoms with Crippen LogP contribution in [0.1, 0.15) is 140 Å². The first-order valence-corrected chi connectivity index (χ1v) is 45.2. The average Bonchev–Trinajstić information content (AvgIpc) is 1.62. The standard InChI is InChI=1S/3C28H25FINO4S.CH3FS.CH3.W/c3*1-15-22(12-18-7-8-20(30)13-23(18)29)25-26(35-28(15)33)24(16(2)31(27(25)32)21-9-10-21)19-6-4-5-17(11-19)14-36(3)34;1-3-2;;/h3*4-8,11,13,21H,9-10,12,14H2,1-3H3;1H3;1H3;/q;;;;-1;/t2*36-;;;;/m10..../s1. The minimum atomic E-state index is -1.02. The quantitative estimate of drug-likeness (QED) is 0.0445. The second-order valence-electron chi connectivity index (χ2n) is 28.3. The molecule has 0 amide bonds. The molecular formula is C86H81F4I3N3O12S4W-. The van der Waals surface area contributed by atoms with Crippen LogP contribution in [0.4, 0.5) is 17.1 Å². The van der Waals surface area contributed by atoms with Crippen LogP contribution in [0.3, 0.4) is 0 Å². The van der Waals surface area contributed by atoms with E-state index in [0.717, 1.165) is 99.7 Å². The summed E-state index contributed by atoms with van der Waals surface area (Å²) in [7, 11) is -3.06. The molecule has 15 rings (SSSR count). The van der Waals surface area contributed by atoms with Crippen molar-refractivity contribution in [2.75, 3.05) is 25.0 Å². The van der Waals surface area contributed by atoms with Crippen molar-refractivity contribution in [2.45, 2.75) is 135 Å². The fourth-order valence-electron chi connectivity index (χ4n) is 14.6. The third-order valence-corrected chi connectivity index (χ3v) is 24.5. The number of hydrogen-bond donors (Lipinski definition) is 0. The maximum absolute atomic E-state index is 14.8. The predicted molar refractivity (Wildman–Crippen MR) is 470 cm³/mol. The molecular weight excluding hydrogens is 2040 g/mol. The van der Waals surface area contributed by atoms with E-state index in [4.69, 9.17) is 13.3 Å². The number of rotatable bonds is 18. The van der Waals surface area contributed by atoms with Gasteiger partial charge in [0.25, 0.3) is 16.7 Å². The van der Waals surface area contributed by atoms with Crippen LogP contribution < -0.4 is 33.6 Å². The van der Waals surface area contributed by atoms with Gasteiger partial charge in [0.2, 0.25) is 0 Å². The Morgan fingerprint density at radius 1 is 0.416 bits per heavy atom. The van der Waals surface area contributed by atoms with Gasteiger partial charge in [-0.2, -0.15) is 3.89 Å². The molecule has 6 aromatic heterocycles. The van der Waals surface area contributed by atoms with Crippen molar-refractivity contribution in [3.8, 4) is 33.4 Å². The Kier molecular flexibility index (Phi) is 29.5. The van der Waals surface area contributed by atoms with E-state index < -0.39 is 49.3 Å². The van der Waals surface area contributed by atoms with Gasteiger partial charge in [0, 0.05) is 206 Å². The first-order valence-electron chi connectivity index (χ1n) is 35.7. The summed E-state index contributed by atoms with van der Waals surface area (Å²) in [5.41, 5.74) is 11.3. The first-order chi connectivity index (χ1) is 52.9. The zero-order valence-corrected chi connectivity index (χ0v) is 76.4. The van der Waals surface area contributed by atoms with E-state index in [9.17, 15) is 58.5 Å². The number of pyridine rings is 3. The fraction of sp³-hybridized carbons (Fsp3) is 0.291. The Hall–Kier alpha value is -6.80. The van der Waals surface area contributed by atoms with Crippen molar-refractivity contribution in [3.05, 3.63) is 309 Å². The Morgan fingerprint density at radius 3 is 0.867 bits per heavy atom. The third kappa shape index (κ3) is 19.6. The van der Waals surface area contributed by atoms with Gasteiger partial charge in [0.05, 0.1) is 16.2 Å². The summed E-state index contributed by atoms with van der Waals surface area (Å²) < 4.78 is 115. The van der Waals surface area contributed by atoms with Gasteiger partial charge < -0.3 is 34.4 Å². The van der Waals surface area contributed by atoms with E-state index in [0.29, 0.717) is 100 Å². The molecule has 27 heteroatoms. The molecule has 3 aliphatic rings. The smallest absolute Gasteiger partial charge is 0.339 e. The molecule has 6 heterocycles. The van der Waals surface area contributed by atoms with Gasteiger partial charge in [-0.3, -0.25) is 27.0 Å². The molecule has 0 radical (unpaired) electrons. The molecule has 15 nitrogen and oxygen atoms in total. The van der Waals surface area contributed by atoms with Crippen molar-refractivity contribution in [3.63, 3.8) is 0 Å². The van der Waals surface area contributed by atoms with Gasteiger partial charge in [-0.25, -0.2) is 27.6 Å². The van der Waals surface area contributed by atoms with E-state index in [1.54, 1.807) is 71.4 Å². The third-order valence-electron chi connectivity index (χ3n) is 20.2.